The van der Waals surface area contributed by atoms with Gasteiger partial charge in [-0.25, -0.2) is 4.39 Å². The van der Waals surface area contributed by atoms with Gasteiger partial charge in [-0.05, 0) is 42.7 Å². The van der Waals surface area contributed by atoms with Crippen LogP contribution in [-0.4, -0.2) is 40.2 Å². The molecule has 3 aromatic rings. The molecule has 0 saturated carbocycles. The standard InChI is InChI=1S/C21H22FN5O/c22-17-4-1-3-15(11-17)12-21(28)24-18-5-2-10-27(14-18)20-13-19(25-26-20)16-6-8-23-9-7-16/h1,3-4,6-9,11,13,18H,2,5,10,12,14H2,(H,24,28)(H,25,26)/t18-/m1/s1. The second kappa shape index (κ2) is 8.21. The van der Waals surface area contributed by atoms with Crippen molar-refractivity contribution < 1.29 is 9.18 Å². The second-order valence-electron chi connectivity index (χ2n) is 7.04. The number of aromatic amines is 1. The summed E-state index contributed by atoms with van der Waals surface area (Å²) in [6.45, 7) is 1.60. The number of halogens is 1. The van der Waals surface area contributed by atoms with Gasteiger partial charge in [-0.2, -0.15) is 5.10 Å². The average Bonchev–Trinajstić information content (AvgIpc) is 3.19. The molecule has 4 rings (SSSR count). The number of carbonyl (C=O) groups is 1. The molecular weight excluding hydrogens is 357 g/mol. The molecule has 1 saturated heterocycles. The van der Waals surface area contributed by atoms with Crippen LogP contribution in [0.15, 0.2) is 54.9 Å². The lowest BCUT2D eigenvalue weighted by Gasteiger charge is -2.33. The smallest absolute Gasteiger partial charge is 0.224 e. The number of nitrogens with zero attached hydrogens (tertiary/aromatic N) is 3. The van der Waals surface area contributed by atoms with Crippen molar-refractivity contribution in [1.29, 1.82) is 0 Å². The normalized spacial score (nSPS) is 16.8. The number of hydrogen-bond acceptors (Lipinski definition) is 4. The number of piperidine rings is 1. The van der Waals surface area contributed by atoms with Crippen molar-refractivity contribution in [1.82, 2.24) is 20.5 Å². The highest BCUT2D eigenvalue weighted by atomic mass is 19.1. The van der Waals surface area contributed by atoms with Crippen molar-refractivity contribution >= 4 is 11.7 Å². The zero-order chi connectivity index (χ0) is 19.3. The molecule has 1 aromatic carbocycles. The van der Waals surface area contributed by atoms with Crippen LogP contribution in [0.1, 0.15) is 18.4 Å². The van der Waals surface area contributed by atoms with Crippen LogP contribution in [0.2, 0.25) is 0 Å². The van der Waals surface area contributed by atoms with Gasteiger partial charge in [0.05, 0.1) is 12.1 Å². The van der Waals surface area contributed by atoms with Crippen molar-refractivity contribution in [3.63, 3.8) is 0 Å². The van der Waals surface area contributed by atoms with Gasteiger partial charge in [0.25, 0.3) is 0 Å². The van der Waals surface area contributed by atoms with Crippen LogP contribution in [-0.2, 0) is 11.2 Å². The predicted octanol–water partition coefficient (Wildman–Crippen LogP) is 2.94. The van der Waals surface area contributed by atoms with E-state index in [1.807, 2.05) is 18.2 Å². The molecular formula is C21H22FN5O. The van der Waals surface area contributed by atoms with E-state index in [1.165, 1.54) is 12.1 Å². The maximum absolute atomic E-state index is 13.3. The first-order chi connectivity index (χ1) is 13.7. The Balaban J connectivity index is 1.37. The summed E-state index contributed by atoms with van der Waals surface area (Å²) in [5.41, 5.74) is 2.65. The second-order valence-corrected chi connectivity index (χ2v) is 7.04. The number of hydrogen-bond donors (Lipinski definition) is 2. The zero-order valence-corrected chi connectivity index (χ0v) is 15.4. The summed E-state index contributed by atoms with van der Waals surface area (Å²) in [4.78, 5) is 18.6. The predicted molar refractivity (Wildman–Crippen MR) is 105 cm³/mol. The first kappa shape index (κ1) is 18.2. The number of aromatic nitrogens is 3. The number of nitrogens with one attached hydrogen (secondary N) is 2. The van der Waals surface area contributed by atoms with E-state index in [0.29, 0.717) is 12.1 Å². The summed E-state index contributed by atoms with van der Waals surface area (Å²) >= 11 is 0. The molecule has 28 heavy (non-hydrogen) atoms. The highest BCUT2D eigenvalue weighted by Crippen LogP contribution is 2.23. The van der Waals surface area contributed by atoms with Crippen LogP contribution in [0.4, 0.5) is 10.2 Å². The number of anilines is 1. The molecule has 7 heteroatoms. The molecule has 144 valence electrons. The Morgan fingerprint density at radius 1 is 1.25 bits per heavy atom. The zero-order valence-electron chi connectivity index (χ0n) is 15.4. The van der Waals surface area contributed by atoms with Crippen molar-refractivity contribution in [2.45, 2.75) is 25.3 Å². The van der Waals surface area contributed by atoms with Crippen LogP contribution in [0.3, 0.4) is 0 Å². The van der Waals surface area contributed by atoms with Gasteiger partial charge in [0.15, 0.2) is 5.82 Å². The molecule has 0 spiro atoms. The van der Waals surface area contributed by atoms with E-state index in [1.54, 1.807) is 24.5 Å². The lowest BCUT2D eigenvalue weighted by molar-refractivity contribution is -0.121. The minimum absolute atomic E-state index is 0.0517. The van der Waals surface area contributed by atoms with Gasteiger partial charge in [-0.1, -0.05) is 12.1 Å². The Morgan fingerprint density at radius 3 is 2.93 bits per heavy atom. The summed E-state index contributed by atoms with van der Waals surface area (Å²) in [6.07, 6.45) is 5.58. The molecule has 1 atom stereocenters. The quantitative estimate of drug-likeness (QED) is 0.715. The minimum atomic E-state index is -0.322. The molecule has 6 nitrogen and oxygen atoms in total. The monoisotopic (exact) mass is 379 g/mol. The summed E-state index contributed by atoms with van der Waals surface area (Å²) < 4.78 is 13.3. The molecule has 0 radical (unpaired) electrons. The Bertz CT molecular complexity index is 943. The highest BCUT2D eigenvalue weighted by Gasteiger charge is 2.23. The molecule has 0 aliphatic carbocycles. The number of rotatable bonds is 5. The maximum Gasteiger partial charge on any atom is 0.224 e. The fraction of sp³-hybridized carbons (Fsp3) is 0.286. The number of amides is 1. The van der Waals surface area contributed by atoms with Gasteiger partial charge in [-0.3, -0.25) is 14.9 Å². The Hall–Kier alpha value is -3.22. The van der Waals surface area contributed by atoms with E-state index in [4.69, 9.17) is 0 Å². The molecule has 0 unspecified atom stereocenters. The third kappa shape index (κ3) is 4.36. The highest BCUT2D eigenvalue weighted by molar-refractivity contribution is 5.79. The largest absolute Gasteiger partial charge is 0.353 e. The summed E-state index contributed by atoms with van der Waals surface area (Å²) in [7, 11) is 0. The summed E-state index contributed by atoms with van der Waals surface area (Å²) in [6, 6.07) is 12.1. The number of carbonyl (C=O) groups excluding carboxylic acids is 1. The molecule has 2 N–H and O–H groups in total. The third-order valence-corrected chi connectivity index (χ3v) is 4.92. The topological polar surface area (TPSA) is 73.9 Å². The van der Waals surface area contributed by atoms with Crippen LogP contribution in [0.5, 0.6) is 0 Å². The van der Waals surface area contributed by atoms with Gasteiger partial charge in [-0.15, -0.1) is 0 Å². The van der Waals surface area contributed by atoms with E-state index < -0.39 is 0 Å². The average molecular weight is 379 g/mol. The molecule has 1 fully saturated rings. The summed E-state index contributed by atoms with van der Waals surface area (Å²) in [5, 5.41) is 10.6. The van der Waals surface area contributed by atoms with E-state index in [2.05, 4.69) is 25.4 Å². The van der Waals surface area contributed by atoms with Crippen molar-refractivity contribution in [2.24, 2.45) is 0 Å². The molecule has 1 aliphatic heterocycles. The maximum atomic E-state index is 13.3. The van der Waals surface area contributed by atoms with Gasteiger partial charge in [0.2, 0.25) is 5.91 Å². The van der Waals surface area contributed by atoms with Crippen molar-refractivity contribution in [3.05, 3.63) is 66.2 Å². The number of benzene rings is 1. The molecule has 3 heterocycles. The fourth-order valence-corrected chi connectivity index (χ4v) is 3.57. The van der Waals surface area contributed by atoms with Gasteiger partial charge < -0.3 is 10.2 Å². The van der Waals surface area contributed by atoms with Crippen LogP contribution < -0.4 is 10.2 Å². The minimum Gasteiger partial charge on any atom is -0.353 e. The summed E-state index contributed by atoms with van der Waals surface area (Å²) in [5.74, 6) is 0.463. The van der Waals surface area contributed by atoms with Crippen LogP contribution in [0, 0.1) is 5.82 Å². The number of H-pyrrole nitrogens is 1. The lowest BCUT2D eigenvalue weighted by atomic mass is 10.0. The molecule has 1 amide bonds. The van der Waals surface area contributed by atoms with E-state index in [-0.39, 0.29) is 24.2 Å². The van der Waals surface area contributed by atoms with Crippen LogP contribution >= 0.6 is 0 Å². The van der Waals surface area contributed by atoms with Crippen molar-refractivity contribution in [2.75, 3.05) is 18.0 Å². The lowest BCUT2D eigenvalue weighted by Crippen LogP contribution is -2.48. The third-order valence-electron chi connectivity index (χ3n) is 4.92. The molecule has 2 aromatic heterocycles. The first-order valence-corrected chi connectivity index (χ1v) is 9.42. The van der Waals surface area contributed by atoms with Crippen molar-refractivity contribution in [3.8, 4) is 11.3 Å². The van der Waals surface area contributed by atoms with Crippen LogP contribution in [0.25, 0.3) is 11.3 Å². The van der Waals surface area contributed by atoms with Gasteiger partial charge in [0, 0.05) is 43.2 Å². The first-order valence-electron chi connectivity index (χ1n) is 9.42. The molecule has 1 aliphatic rings. The fourth-order valence-electron chi connectivity index (χ4n) is 3.57. The van der Waals surface area contributed by atoms with E-state index in [9.17, 15) is 9.18 Å². The Labute approximate surface area is 162 Å². The van der Waals surface area contributed by atoms with Gasteiger partial charge >= 0.3 is 0 Å². The van der Waals surface area contributed by atoms with E-state index in [0.717, 1.165) is 36.5 Å². The number of pyridine rings is 1. The van der Waals surface area contributed by atoms with Gasteiger partial charge in [0.1, 0.15) is 5.82 Å². The van der Waals surface area contributed by atoms with E-state index >= 15 is 0 Å². The Morgan fingerprint density at radius 2 is 2.11 bits per heavy atom. The Kier molecular flexibility index (Phi) is 5.32. The SMILES string of the molecule is O=C(Cc1cccc(F)c1)N[C@@H]1CCCN(c2cc(-c3ccncc3)[nH]n2)C1. The molecule has 0 bridgehead atoms.